The Kier molecular flexibility index (Phi) is 4.45. The van der Waals surface area contributed by atoms with E-state index in [1.54, 1.807) is 29.1 Å². The largest absolute Gasteiger partial charge is 0.463 e. The molecular formula is C21H21ClN4O2. The molecule has 2 aromatic heterocycles. The number of carbonyl (C=O) groups is 1. The van der Waals surface area contributed by atoms with Crippen LogP contribution in [0.15, 0.2) is 53.1 Å². The van der Waals surface area contributed by atoms with Gasteiger partial charge in [-0.3, -0.25) is 9.69 Å². The number of hydrogen-bond acceptors (Lipinski definition) is 4. The van der Waals surface area contributed by atoms with Crippen molar-refractivity contribution in [2.24, 2.45) is 0 Å². The maximum atomic E-state index is 12.9. The normalized spacial score (nSPS) is 19.8. The molecule has 0 spiro atoms. The first kappa shape index (κ1) is 17.5. The van der Waals surface area contributed by atoms with E-state index in [9.17, 15) is 4.79 Å². The number of aromatic nitrogens is 2. The zero-order valence-corrected chi connectivity index (χ0v) is 16.1. The van der Waals surface area contributed by atoms with Gasteiger partial charge in [0.1, 0.15) is 5.69 Å². The van der Waals surface area contributed by atoms with Gasteiger partial charge in [-0.05, 0) is 55.7 Å². The number of nitrogens with zero attached hydrogens (tertiary/aromatic N) is 3. The van der Waals surface area contributed by atoms with Gasteiger partial charge in [0.15, 0.2) is 11.5 Å². The summed E-state index contributed by atoms with van der Waals surface area (Å²) in [5.41, 5.74) is 1.92. The monoisotopic (exact) mass is 396 g/mol. The Morgan fingerprint density at radius 2 is 2.00 bits per heavy atom. The standard InChI is InChI=1S/C21H21ClN4O2/c22-14-3-5-17(6-4-14)26-19(20-2-1-11-28-20)12-18(24-26)21(27)23-15-9-10-25(13-15)16-7-8-16/h1-6,11-12,15-16H,7-10,13H2,(H,23,27). The van der Waals surface area contributed by atoms with Crippen LogP contribution in [-0.2, 0) is 0 Å². The highest BCUT2D eigenvalue weighted by Gasteiger charge is 2.35. The minimum absolute atomic E-state index is 0.150. The molecule has 6 nitrogen and oxygen atoms in total. The molecule has 1 saturated carbocycles. The van der Waals surface area contributed by atoms with Crippen LogP contribution in [0.3, 0.4) is 0 Å². The highest BCUT2D eigenvalue weighted by atomic mass is 35.5. The lowest BCUT2D eigenvalue weighted by molar-refractivity contribution is 0.0932. The first-order chi connectivity index (χ1) is 13.7. The molecule has 1 saturated heterocycles. The second-order valence-corrected chi connectivity index (χ2v) is 7.90. The molecule has 2 fully saturated rings. The smallest absolute Gasteiger partial charge is 0.272 e. The number of amides is 1. The molecule has 1 amide bonds. The van der Waals surface area contributed by atoms with Crippen molar-refractivity contribution < 1.29 is 9.21 Å². The van der Waals surface area contributed by atoms with Crippen molar-refractivity contribution in [2.75, 3.05) is 13.1 Å². The van der Waals surface area contributed by atoms with Crippen molar-refractivity contribution in [2.45, 2.75) is 31.3 Å². The molecule has 144 valence electrons. The van der Waals surface area contributed by atoms with Gasteiger partial charge in [-0.2, -0.15) is 5.10 Å². The predicted molar refractivity (Wildman–Crippen MR) is 107 cm³/mol. The zero-order valence-electron chi connectivity index (χ0n) is 15.3. The number of hydrogen-bond donors (Lipinski definition) is 1. The SMILES string of the molecule is O=C(NC1CCN(C2CC2)C1)c1cc(-c2ccco2)n(-c2ccc(Cl)cc2)n1. The molecule has 7 heteroatoms. The Morgan fingerprint density at radius 3 is 2.71 bits per heavy atom. The highest BCUT2D eigenvalue weighted by molar-refractivity contribution is 6.30. The van der Waals surface area contributed by atoms with Crippen LogP contribution in [-0.4, -0.2) is 45.8 Å². The van der Waals surface area contributed by atoms with E-state index in [0.29, 0.717) is 16.5 Å². The van der Waals surface area contributed by atoms with Gasteiger partial charge >= 0.3 is 0 Å². The lowest BCUT2D eigenvalue weighted by Gasteiger charge is -2.15. The summed E-state index contributed by atoms with van der Waals surface area (Å²) in [5, 5.41) is 8.36. The lowest BCUT2D eigenvalue weighted by Crippen LogP contribution is -2.37. The van der Waals surface area contributed by atoms with Crippen molar-refractivity contribution in [1.82, 2.24) is 20.0 Å². The van der Waals surface area contributed by atoms with Crippen molar-refractivity contribution in [3.8, 4) is 17.1 Å². The van der Waals surface area contributed by atoms with Gasteiger partial charge in [0, 0.05) is 36.3 Å². The zero-order chi connectivity index (χ0) is 19.1. The van der Waals surface area contributed by atoms with E-state index >= 15 is 0 Å². The predicted octanol–water partition coefficient (Wildman–Crippen LogP) is 3.75. The van der Waals surface area contributed by atoms with Gasteiger partial charge in [-0.25, -0.2) is 4.68 Å². The van der Waals surface area contributed by atoms with E-state index in [0.717, 1.165) is 36.9 Å². The number of carbonyl (C=O) groups excluding carboxylic acids is 1. The van der Waals surface area contributed by atoms with Crippen molar-refractivity contribution in [3.63, 3.8) is 0 Å². The summed E-state index contributed by atoms with van der Waals surface area (Å²) in [7, 11) is 0. The van der Waals surface area contributed by atoms with Crippen LogP contribution in [0.2, 0.25) is 5.02 Å². The number of halogens is 1. The third-order valence-corrected chi connectivity index (χ3v) is 5.66. The second-order valence-electron chi connectivity index (χ2n) is 7.47. The molecule has 2 aliphatic rings. The summed E-state index contributed by atoms with van der Waals surface area (Å²) in [6, 6.07) is 13.7. The molecule has 0 radical (unpaired) electrons. The fraction of sp³-hybridized carbons (Fsp3) is 0.333. The molecule has 28 heavy (non-hydrogen) atoms. The van der Waals surface area contributed by atoms with E-state index in [1.807, 2.05) is 24.3 Å². The van der Waals surface area contributed by atoms with Crippen LogP contribution in [0, 0.1) is 0 Å². The van der Waals surface area contributed by atoms with Crippen LogP contribution >= 0.6 is 11.6 Å². The summed E-state index contributed by atoms with van der Waals surface area (Å²) < 4.78 is 7.27. The van der Waals surface area contributed by atoms with Gasteiger partial charge in [0.2, 0.25) is 0 Å². The molecule has 1 aliphatic heterocycles. The summed E-state index contributed by atoms with van der Waals surface area (Å²) in [6.45, 7) is 1.99. The molecule has 1 aliphatic carbocycles. The Balaban J connectivity index is 1.41. The average molecular weight is 397 g/mol. The molecule has 0 bridgehead atoms. The van der Waals surface area contributed by atoms with Crippen LogP contribution < -0.4 is 5.32 Å². The van der Waals surface area contributed by atoms with Crippen molar-refractivity contribution >= 4 is 17.5 Å². The second kappa shape index (κ2) is 7.11. The highest BCUT2D eigenvalue weighted by Crippen LogP contribution is 2.30. The Bertz CT molecular complexity index is 977. The molecule has 1 N–H and O–H groups in total. The number of furan rings is 1. The van der Waals surface area contributed by atoms with E-state index in [1.165, 1.54) is 12.8 Å². The number of benzene rings is 1. The molecule has 1 unspecified atom stereocenters. The molecular weight excluding hydrogens is 376 g/mol. The van der Waals surface area contributed by atoms with Gasteiger partial charge < -0.3 is 9.73 Å². The van der Waals surface area contributed by atoms with Crippen LogP contribution in [0.1, 0.15) is 29.8 Å². The first-order valence-corrected chi connectivity index (χ1v) is 10.00. The van der Waals surface area contributed by atoms with Crippen LogP contribution in [0.25, 0.3) is 17.1 Å². The molecule has 1 aromatic carbocycles. The van der Waals surface area contributed by atoms with E-state index in [2.05, 4.69) is 15.3 Å². The number of likely N-dealkylation sites (tertiary alicyclic amines) is 1. The van der Waals surface area contributed by atoms with Crippen molar-refractivity contribution in [3.05, 3.63) is 59.4 Å². The summed E-state index contributed by atoms with van der Waals surface area (Å²) in [6.07, 6.45) is 5.18. The topological polar surface area (TPSA) is 63.3 Å². The molecule has 5 rings (SSSR count). The van der Waals surface area contributed by atoms with Gasteiger partial charge in [0.05, 0.1) is 12.0 Å². The number of rotatable bonds is 5. The summed E-state index contributed by atoms with van der Waals surface area (Å²) in [4.78, 5) is 15.3. The minimum atomic E-state index is -0.150. The Labute approximate surface area is 168 Å². The van der Waals surface area contributed by atoms with Crippen LogP contribution in [0.4, 0.5) is 0 Å². The fourth-order valence-corrected chi connectivity index (χ4v) is 3.93. The quantitative estimate of drug-likeness (QED) is 0.713. The van der Waals surface area contributed by atoms with Gasteiger partial charge in [-0.1, -0.05) is 11.6 Å². The third kappa shape index (κ3) is 3.45. The maximum Gasteiger partial charge on any atom is 0.272 e. The fourth-order valence-electron chi connectivity index (χ4n) is 3.81. The Hall–Kier alpha value is -2.57. The lowest BCUT2D eigenvalue weighted by atomic mass is 10.2. The maximum absolute atomic E-state index is 12.9. The van der Waals surface area contributed by atoms with Gasteiger partial charge in [0.25, 0.3) is 5.91 Å². The molecule has 3 aromatic rings. The number of nitrogens with one attached hydrogen (secondary N) is 1. The summed E-state index contributed by atoms with van der Waals surface area (Å²) >= 11 is 6.01. The van der Waals surface area contributed by atoms with E-state index in [4.69, 9.17) is 16.0 Å². The summed E-state index contributed by atoms with van der Waals surface area (Å²) in [5.74, 6) is 0.505. The minimum Gasteiger partial charge on any atom is -0.463 e. The van der Waals surface area contributed by atoms with Crippen molar-refractivity contribution in [1.29, 1.82) is 0 Å². The van der Waals surface area contributed by atoms with E-state index in [-0.39, 0.29) is 11.9 Å². The first-order valence-electron chi connectivity index (χ1n) is 9.62. The average Bonchev–Trinajstić information content (AvgIpc) is 3.11. The Morgan fingerprint density at radius 1 is 1.18 bits per heavy atom. The molecule has 3 heterocycles. The third-order valence-electron chi connectivity index (χ3n) is 5.40. The van der Waals surface area contributed by atoms with Crippen LogP contribution in [0.5, 0.6) is 0 Å². The molecule has 1 atom stereocenters. The van der Waals surface area contributed by atoms with Gasteiger partial charge in [-0.15, -0.1) is 0 Å². The van der Waals surface area contributed by atoms with E-state index < -0.39 is 0 Å².